The Morgan fingerprint density at radius 3 is 2.38 bits per heavy atom. The molecule has 1 aromatic heterocycles. The second-order valence-electron chi connectivity index (χ2n) is 9.63. The number of fused-ring (bicyclic) bond motifs is 1. The highest BCUT2D eigenvalue weighted by Gasteiger charge is 2.27. The highest BCUT2D eigenvalue weighted by Crippen LogP contribution is 2.34. The Hall–Kier alpha value is -2.78. The SMILES string of the molecule is CC(=O)N1CCC(Cn2c(C(C)(C)C)nc3cc(Sc4ccc(C#N)cc4)ccc32)CC1. The lowest BCUT2D eigenvalue weighted by molar-refractivity contribution is -0.130. The van der Waals surface area contributed by atoms with Crippen molar-refractivity contribution in [3.05, 3.63) is 53.9 Å². The molecular weight excluding hydrogens is 416 g/mol. The molecule has 2 aromatic carbocycles. The third-order valence-corrected chi connectivity index (χ3v) is 7.11. The van der Waals surface area contributed by atoms with E-state index in [0.29, 0.717) is 11.5 Å². The van der Waals surface area contributed by atoms with Crippen LogP contribution in [0.25, 0.3) is 11.0 Å². The number of hydrogen-bond acceptors (Lipinski definition) is 4. The average Bonchev–Trinajstić information content (AvgIpc) is 3.13. The van der Waals surface area contributed by atoms with Gasteiger partial charge in [-0.1, -0.05) is 32.5 Å². The largest absolute Gasteiger partial charge is 0.343 e. The molecule has 0 aliphatic carbocycles. The fourth-order valence-electron chi connectivity index (χ4n) is 4.35. The molecule has 1 fully saturated rings. The first kappa shape index (κ1) is 22.4. The molecule has 0 N–H and O–H groups in total. The van der Waals surface area contributed by atoms with Gasteiger partial charge in [-0.2, -0.15) is 5.26 Å². The number of amides is 1. The molecule has 1 saturated heterocycles. The predicted octanol–water partition coefficient (Wildman–Crippen LogP) is 5.62. The molecule has 5 nitrogen and oxygen atoms in total. The highest BCUT2D eigenvalue weighted by molar-refractivity contribution is 7.99. The monoisotopic (exact) mass is 446 g/mol. The second-order valence-corrected chi connectivity index (χ2v) is 10.8. The van der Waals surface area contributed by atoms with Gasteiger partial charge >= 0.3 is 0 Å². The Balaban J connectivity index is 1.60. The summed E-state index contributed by atoms with van der Waals surface area (Å²) in [6.45, 7) is 11.0. The molecule has 6 heteroatoms. The summed E-state index contributed by atoms with van der Waals surface area (Å²) in [5.74, 6) is 1.85. The van der Waals surface area contributed by atoms with E-state index < -0.39 is 0 Å². The number of nitriles is 1. The maximum absolute atomic E-state index is 11.7. The summed E-state index contributed by atoms with van der Waals surface area (Å²) in [7, 11) is 0. The van der Waals surface area contributed by atoms with Crippen molar-refractivity contribution in [3.63, 3.8) is 0 Å². The number of nitrogens with zero attached hydrogens (tertiary/aromatic N) is 4. The van der Waals surface area contributed by atoms with Crippen molar-refractivity contribution in [1.82, 2.24) is 14.5 Å². The summed E-state index contributed by atoms with van der Waals surface area (Å²) >= 11 is 1.69. The summed E-state index contributed by atoms with van der Waals surface area (Å²) in [6.07, 6.45) is 2.07. The lowest BCUT2D eigenvalue weighted by atomic mass is 9.93. The van der Waals surface area contributed by atoms with Crippen molar-refractivity contribution in [2.75, 3.05) is 13.1 Å². The van der Waals surface area contributed by atoms with Gasteiger partial charge in [-0.15, -0.1) is 0 Å². The van der Waals surface area contributed by atoms with Gasteiger partial charge in [0.25, 0.3) is 0 Å². The molecule has 0 atom stereocenters. The number of rotatable bonds is 4. The quantitative estimate of drug-likeness (QED) is 0.522. The number of carbonyl (C=O) groups excluding carboxylic acids is 1. The zero-order valence-electron chi connectivity index (χ0n) is 19.3. The van der Waals surface area contributed by atoms with E-state index in [1.54, 1.807) is 18.7 Å². The van der Waals surface area contributed by atoms with Crippen molar-refractivity contribution < 1.29 is 4.79 Å². The van der Waals surface area contributed by atoms with Crippen molar-refractivity contribution in [1.29, 1.82) is 5.26 Å². The smallest absolute Gasteiger partial charge is 0.219 e. The van der Waals surface area contributed by atoms with Gasteiger partial charge in [0, 0.05) is 41.8 Å². The predicted molar refractivity (Wildman–Crippen MR) is 129 cm³/mol. The normalized spacial score (nSPS) is 15.2. The van der Waals surface area contributed by atoms with Gasteiger partial charge in [-0.25, -0.2) is 4.98 Å². The van der Waals surface area contributed by atoms with Crippen molar-refractivity contribution in [2.45, 2.75) is 62.3 Å². The molecule has 1 aliphatic heterocycles. The Morgan fingerprint density at radius 2 is 1.78 bits per heavy atom. The van der Waals surface area contributed by atoms with Crippen molar-refractivity contribution in [2.24, 2.45) is 5.92 Å². The number of aromatic nitrogens is 2. The number of imidazole rings is 1. The summed E-state index contributed by atoms with van der Waals surface area (Å²) < 4.78 is 2.40. The Labute approximate surface area is 194 Å². The van der Waals surface area contributed by atoms with Crippen LogP contribution in [0.15, 0.2) is 52.3 Å². The van der Waals surface area contributed by atoms with Gasteiger partial charge in [0.2, 0.25) is 5.91 Å². The van der Waals surface area contributed by atoms with E-state index in [-0.39, 0.29) is 11.3 Å². The molecule has 0 spiro atoms. The lowest BCUT2D eigenvalue weighted by Crippen LogP contribution is -2.38. The fraction of sp³-hybridized carbons (Fsp3) is 0.423. The maximum Gasteiger partial charge on any atom is 0.219 e. The van der Waals surface area contributed by atoms with E-state index in [1.807, 2.05) is 29.2 Å². The maximum atomic E-state index is 11.7. The number of likely N-dealkylation sites (tertiary alicyclic amines) is 1. The van der Waals surface area contributed by atoms with E-state index >= 15 is 0 Å². The average molecular weight is 447 g/mol. The molecule has 0 saturated carbocycles. The zero-order valence-corrected chi connectivity index (χ0v) is 20.1. The zero-order chi connectivity index (χ0) is 22.9. The molecule has 0 bridgehead atoms. The van der Waals surface area contributed by atoms with Crippen LogP contribution in [0, 0.1) is 17.2 Å². The van der Waals surface area contributed by atoms with Gasteiger partial charge in [-0.05, 0) is 61.2 Å². The lowest BCUT2D eigenvalue weighted by Gasteiger charge is -2.32. The number of piperidine rings is 1. The molecule has 0 radical (unpaired) electrons. The van der Waals surface area contributed by atoms with Gasteiger partial charge in [0.05, 0.1) is 22.7 Å². The first-order chi connectivity index (χ1) is 15.2. The van der Waals surface area contributed by atoms with E-state index in [4.69, 9.17) is 10.2 Å². The Kier molecular flexibility index (Phi) is 6.30. The van der Waals surface area contributed by atoms with E-state index in [1.165, 1.54) is 5.52 Å². The van der Waals surface area contributed by atoms with Crippen LogP contribution >= 0.6 is 11.8 Å². The summed E-state index contributed by atoms with van der Waals surface area (Å²) in [5, 5.41) is 9.00. The molecule has 0 unspecified atom stereocenters. The summed E-state index contributed by atoms with van der Waals surface area (Å²) in [6, 6.07) is 16.4. The van der Waals surface area contributed by atoms with Gasteiger partial charge < -0.3 is 9.47 Å². The number of carbonyl (C=O) groups is 1. The standard InChI is InChI=1S/C26H30N4OS/c1-18(31)29-13-11-20(12-14-29)17-30-24-10-9-22(15-23(24)28-25(30)26(2,3)4)32-21-7-5-19(16-27)6-8-21/h5-10,15,20H,11-14,17H2,1-4H3. The molecule has 1 aliphatic rings. The second kappa shape index (κ2) is 8.99. The van der Waals surface area contributed by atoms with Crippen LogP contribution < -0.4 is 0 Å². The van der Waals surface area contributed by atoms with E-state index in [2.05, 4.69) is 49.6 Å². The van der Waals surface area contributed by atoms with E-state index in [0.717, 1.165) is 53.6 Å². The van der Waals surface area contributed by atoms with Crippen LogP contribution in [0.2, 0.25) is 0 Å². The Bertz CT molecular complexity index is 1160. The number of benzene rings is 2. The molecule has 3 aromatic rings. The highest BCUT2D eigenvalue weighted by atomic mass is 32.2. The third-order valence-electron chi connectivity index (χ3n) is 6.11. The molecule has 166 valence electrons. The van der Waals surface area contributed by atoms with Crippen LogP contribution in [-0.4, -0.2) is 33.4 Å². The van der Waals surface area contributed by atoms with Crippen LogP contribution in [0.5, 0.6) is 0 Å². The van der Waals surface area contributed by atoms with Crippen LogP contribution in [0.3, 0.4) is 0 Å². The van der Waals surface area contributed by atoms with E-state index in [9.17, 15) is 4.79 Å². The fourth-order valence-corrected chi connectivity index (χ4v) is 5.20. The van der Waals surface area contributed by atoms with Crippen LogP contribution in [0.4, 0.5) is 0 Å². The molecule has 32 heavy (non-hydrogen) atoms. The minimum absolute atomic E-state index is 0.0560. The third kappa shape index (κ3) is 4.83. The number of hydrogen-bond donors (Lipinski definition) is 0. The molecular formula is C26H30N4OS. The van der Waals surface area contributed by atoms with Crippen LogP contribution in [-0.2, 0) is 16.8 Å². The minimum Gasteiger partial charge on any atom is -0.343 e. The molecule has 4 rings (SSSR count). The first-order valence-corrected chi connectivity index (χ1v) is 12.0. The summed E-state index contributed by atoms with van der Waals surface area (Å²) in [5.41, 5.74) is 2.81. The minimum atomic E-state index is -0.0560. The topological polar surface area (TPSA) is 61.9 Å². The van der Waals surface area contributed by atoms with Crippen LogP contribution in [0.1, 0.15) is 51.9 Å². The van der Waals surface area contributed by atoms with Crippen molar-refractivity contribution >= 4 is 28.7 Å². The van der Waals surface area contributed by atoms with Gasteiger partial charge in [0.1, 0.15) is 5.82 Å². The Morgan fingerprint density at radius 1 is 1.12 bits per heavy atom. The van der Waals surface area contributed by atoms with Gasteiger partial charge in [0.15, 0.2) is 0 Å². The summed E-state index contributed by atoms with van der Waals surface area (Å²) in [4.78, 5) is 20.9. The molecule has 2 heterocycles. The van der Waals surface area contributed by atoms with Gasteiger partial charge in [-0.3, -0.25) is 4.79 Å². The first-order valence-electron chi connectivity index (χ1n) is 11.2. The van der Waals surface area contributed by atoms with Crippen molar-refractivity contribution in [3.8, 4) is 6.07 Å². The molecule has 1 amide bonds.